The number of rotatable bonds is 9. The van der Waals surface area contributed by atoms with Gasteiger partial charge >= 0.3 is 0 Å². The lowest BCUT2D eigenvalue weighted by molar-refractivity contribution is -0.121. The first-order valence-electron chi connectivity index (χ1n) is 13.6. The smallest absolute Gasteiger partial charge is 0.238 e. The number of nitrogens with zero attached hydrogens (tertiary/aromatic N) is 3. The van der Waals surface area contributed by atoms with E-state index >= 15 is 0 Å². The van der Waals surface area contributed by atoms with Gasteiger partial charge in [-0.2, -0.15) is 0 Å². The van der Waals surface area contributed by atoms with Gasteiger partial charge in [-0.1, -0.05) is 36.4 Å². The van der Waals surface area contributed by atoms with Crippen LogP contribution in [0.5, 0.6) is 0 Å². The zero-order valence-electron chi connectivity index (χ0n) is 23.0. The molecule has 2 aromatic heterocycles. The molecule has 0 fully saturated rings. The van der Waals surface area contributed by atoms with Gasteiger partial charge in [-0.05, 0) is 67.3 Å². The number of thiazole rings is 1. The second-order valence-electron chi connectivity index (χ2n) is 10.7. The van der Waals surface area contributed by atoms with Crippen molar-refractivity contribution in [2.45, 2.75) is 44.5 Å². The number of carbonyl (C=O) groups excluding carboxylic acids is 2. The van der Waals surface area contributed by atoms with Crippen molar-refractivity contribution in [2.24, 2.45) is 0 Å². The predicted octanol–water partition coefficient (Wildman–Crippen LogP) is 3.69. The van der Waals surface area contributed by atoms with E-state index in [2.05, 4.69) is 25.9 Å². The van der Waals surface area contributed by atoms with E-state index in [1.165, 1.54) is 11.3 Å². The summed E-state index contributed by atoms with van der Waals surface area (Å²) < 4.78 is 0. The fraction of sp³-hybridized carbons (Fsp3) is 0.290. The molecule has 210 valence electrons. The summed E-state index contributed by atoms with van der Waals surface area (Å²) in [6.07, 6.45) is 1.79. The van der Waals surface area contributed by atoms with Crippen LogP contribution in [-0.2, 0) is 40.9 Å². The molecule has 10 heteroatoms. The third-order valence-electron chi connectivity index (χ3n) is 8.04. The molecule has 2 atom stereocenters. The number of hydrogen-bond acceptors (Lipinski definition) is 8. The summed E-state index contributed by atoms with van der Waals surface area (Å²) in [4.78, 5) is 37.8. The number of fused-ring (bicyclic) bond motifs is 3. The maximum Gasteiger partial charge on any atom is 0.238 e. The molecule has 2 amide bonds. The van der Waals surface area contributed by atoms with E-state index in [4.69, 9.17) is 0 Å². The highest BCUT2D eigenvalue weighted by Gasteiger charge is 2.51. The van der Waals surface area contributed by atoms with Gasteiger partial charge in [-0.3, -0.25) is 14.5 Å². The summed E-state index contributed by atoms with van der Waals surface area (Å²) >= 11 is 1.46. The molecule has 1 spiro atoms. The van der Waals surface area contributed by atoms with E-state index in [0.717, 1.165) is 32.7 Å². The molecule has 0 saturated carbocycles. The van der Waals surface area contributed by atoms with E-state index in [-0.39, 0.29) is 18.4 Å². The summed E-state index contributed by atoms with van der Waals surface area (Å²) in [6.45, 7) is 2.93. The van der Waals surface area contributed by atoms with E-state index < -0.39 is 11.6 Å². The maximum absolute atomic E-state index is 13.4. The van der Waals surface area contributed by atoms with Gasteiger partial charge in [-0.15, -0.1) is 11.3 Å². The van der Waals surface area contributed by atoms with Crippen LogP contribution in [0.25, 0.3) is 0 Å². The Morgan fingerprint density at radius 3 is 2.71 bits per heavy atom. The zero-order chi connectivity index (χ0) is 28.6. The van der Waals surface area contributed by atoms with E-state index in [0.29, 0.717) is 43.1 Å². The van der Waals surface area contributed by atoms with Crippen molar-refractivity contribution in [1.82, 2.24) is 20.2 Å². The summed E-state index contributed by atoms with van der Waals surface area (Å²) in [7, 11) is 1.89. The van der Waals surface area contributed by atoms with Crippen LogP contribution in [0.2, 0.25) is 0 Å². The molecule has 1 aliphatic heterocycles. The van der Waals surface area contributed by atoms with Crippen molar-refractivity contribution >= 4 is 34.7 Å². The molecule has 3 heterocycles. The number of aliphatic hydroxyl groups excluding tert-OH is 1. The minimum Gasteiger partial charge on any atom is -0.372 e. The first kappa shape index (κ1) is 27.2. The minimum absolute atomic E-state index is 0.0332. The van der Waals surface area contributed by atoms with Crippen LogP contribution in [0.15, 0.2) is 66.3 Å². The molecule has 2 unspecified atom stereocenters. The Balaban J connectivity index is 1.21. The van der Waals surface area contributed by atoms with Crippen LogP contribution in [0.4, 0.5) is 11.5 Å². The monoisotopic (exact) mass is 568 g/mol. The van der Waals surface area contributed by atoms with Crippen molar-refractivity contribution in [2.75, 3.05) is 24.2 Å². The molecule has 0 radical (unpaired) electrons. The van der Waals surface area contributed by atoms with Gasteiger partial charge in [0.05, 0.1) is 23.2 Å². The van der Waals surface area contributed by atoms with E-state index in [1.807, 2.05) is 68.6 Å². The van der Waals surface area contributed by atoms with Gasteiger partial charge in [0.15, 0.2) is 6.23 Å². The molecule has 41 heavy (non-hydrogen) atoms. The van der Waals surface area contributed by atoms with Crippen molar-refractivity contribution < 1.29 is 14.7 Å². The van der Waals surface area contributed by atoms with E-state index in [1.54, 1.807) is 16.6 Å². The van der Waals surface area contributed by atoms with Crippen LogP contribution in [0, 0.1) is 6.92 Å². The minimum atomic E-state index is -1.04. The standard InChI is InChI=1S/C31H32N6O3S/c1-19-27(34-18-41-19)29(39)37(16-22-7-4-3-6-21(22)15-32-2)17-26(38)35-24-10-9-20-13-31(14-23(20)12-24)25-8-5-11-33-28(25)36-30(31)40/h3-12,18,29,32,39H,13-17H2,1-2H3,(H,35,38)(H,33,36,40). The number of anilines is 2. The number of carbonyl (C=O) groups is 2. The molecular weight excluding hydrogens is 536 g/mol. The van der Waals surface area contributed by atoms with Gasteiger partial charge in [0, 0.05) is 35.4 Å². The summed E-state index contributed by atoms with van der Waals surface area (Å²) in [5.74, 6) is 0.349. The normalized spacial score (nSPS) is 17.9. The third kappa shape index (κ3) is 5.15. The predicted molar refractivity (Wildman–Crippen MR) is 158 cm³/mol. The number of pyridine rings is 1. The zero-order valence-corrected chi connectivity index (χ0v) is 23.8. The third-order valence-corrected chi connectivity index (χ3v) is 8.82. The highest BCUT2D eigenvalue weighted by molar-refractivity contribution is 7.09. The lowest BCUT2D eigenvalue weighted by atomic mass is 9.79. The van der Waals surface area contributed by atoms with Crippen molar-refractivity contribution in [3.05, 3.63) is 105 Å². The number of benzene rings is 2. The number of aromatic nitrogens is 2. The quantitative estimate of drug-likeness (QED) is 0.228. The molecule has 4 N–H and O–H groups in total. The Bertz CT molecular complexity index is 1620. The van der Waals surface area contributed by atoms with Gasteiger partial charge in [0.2, 0.25) is 11.8 Å². The Morgan fingerprint density at radius 2 is 1.93 bits per heavy atom. The largest absolute Gasteiger partial charge is 0.372 e. The molecule has 2 aliphatic rings. The first-order valence-corrected chi connectivity index (χ1v) is 14.5. The van der Waals surface area contributed by atoms with Crippen LogP contribution in [-0.4, -0.2) is 45.4 Å². The summed E-state index contributed by atoms with van der Waals surface area (Å²) in [5.41, 5.74) is 7.42. The fourth-order valence-corrected chi connectivity index (χ4v) is 6.59. The average Bonchev–Trinajstić information content (AvgIpc) is 3.64. The number of amides is 2. The van der Waals surface area contributed by atoms with Crippen LogP contribution >= 0.6 is 11.3 Å². The molecular formula is C31H32N6O3S. The molecule has 1 aliphatic carbocycles. The van der Waals surface area contributed by atoms with Gasteiger partial charge < -0.3 is 21.1 Å². The lowest BCUT2D eigenvalue weighted by Gasteiger charge is -2.28. The van der Waals surface area contributed by atoms with Gasteiger partial charge in [0.25, 0.3) is 0 Å². The van der Waals surface area contributed by atoms with Crippen molar-refractivity contribution in [3.8, 4) is 0 Å². The second-order valence-corrected chi connectivity index (χ2v) is 11.8. The lowest BCUT2D eigenvalue weighted by Crippen LogP contribution is -2.36. The fourth-order valence-electron chi connectivity index (χ4n) is 5.99. The van der Waals surface area contributed by atoms with Crippen molar-refractivity contribution in [1.29, 1.82) is 0 Å². The molecule has 4 aromatic rings. The Morgan fingerprint density at radius 1 is 1.12 bits per heavy atom. The average molecular weight is 569 g/mol. The highest BCUT2D eigenvalue weighted by atomic mass is 32.1. The number of aryl methyl sites for hydroxylation is 1. The van der Waals surface area contributed by atoms with Crippen LogP contribution in [0.1, 0.15) is 44.6 Å². The topological polar surface area (TPSA) is 119 Å². The SMILES string of the molecule is CNCc1ccccc1CN(CC(=O)Nc1ccc2c(c1)CC1(C2)C(=O)Nc2ncccc21)C(O)c1ncsc1C. The van der Waals surface area contributed by atoms with Crippen LogP contribution < -0.4 is 16.0 Å². The Labute approximate surface area is 242 Å². The van der Waals surface area contributed by atoms with Crippen LogP contribution in [0.3, 0.4) is 0 Å². The Hall–Kier alpha value is -3.96. The molecule has 2 aromatic carbocycles. The number of nitrogens with one attached hydrogen (secondary N) is 3. The molecule has 0 bridgehead atoms. The molecule has 9 nitrogen and oxygen atoms in total. The van der Waals surface area contributed by atoms with E-state index in [9.17, 15) is 14.7 Å². The molecule has 6 rings (SSSR count). The highest BCUT2D eigenvalue weighted by Crippen LogP contribution is 2.47. The summed E-state index contributed by atoms with van der Waals surface area (Å²) in [5, 5.41) is 20.5. The Kier molecular flexibility index (Phi) is 7.39. The number of aliphatic hydroxyl groups is 1. The first-order chi connectivity index (χ1) is 19.9. The summed E-state index contributed by atoms with van der Waals surface area (Å²) in [6, 6.07) is 17.6. The molecule has 0 saturated heterocycles. The number of hydrogen-bond donors (Lipinski definition) is 4. The second kappa shape index (κ2) is 11.1. The maximum atomic E-state index is 13.4. The van der Waals surface area contributed by atoms with Gasteiger partial charge in [-0.25, -0.2) is 9.97 Å². The van der Waals surface area contributed by atoms with Crippen molar-refractivity contribution in [3.63, 3.8) is 0 Å². The van der Waals surface area contributed by atoms with Gasteiger partial charge in [0.1, 0.15) is 5.82 Å².